The van der Waals surface area contributed by atoms with E-state index >= 15 is 0 Å². The van der Waals surface area contributed by atoms with Gasteiger partial charge in [-0.1, -0.05) is 19.9 Å². The van der Waals surface area contributed by atoms with Crippen LogP contribution in [0.4, 0.5) is 5.69 Å². The number of hydrogen-bond donors (Lipinski definition) is 4. The number of benzene rings is 1. The molecule has 0 radical (unpaired) electrons. The van der Waals surface area contributed by atoms with Gasteiger partial charge in [-0.25, -0.2) is 0 Å². The summed E-state index contributed by atoms with van der Waals surface area (Å²) in [6, 6.07) is 5.55. The van der Waals surface area contributed by atoms with E-state index in [1.54, 1.807) is 19.9 Å². The summed E-state index contributed by atoms with van der Waals surface area (Å²) in [5, 5.41) is 18.7. The van der Waals surface area contributed by atoms with Gasteiger partial charge in [-0.15, -0.1) is 0 Å². The van der Waals surface area contributed by atoms with Gasteiger partial charge >= 0.3 is 5.97 Å². The lowest BCUT2D eigenvalue weighted by Crippen LogP contribution is -2.47. The minimum atomic E-state index is -0.883. The Bertz CT molecular complexity index is 800. The normalized spacial score (nSPS) is 20.3. The molecule has 2 rings (SSSR count). The Kier molecular flexibility index (Phi) is 10.4. The molecule has 1 saturated heterocycles. The van der Waals surface area contributed by atoms with Gasteiger partial charge in [0, 0.05) is 32.0 Å². The molecular formula is C23H35N3O7. The van der Waals surface area contributed by atoms with E-state index in [4.69, 9.17) is 14.2 Å². The summed E-state index contributed by atoms with van der Waals surface area (Å²) in [5.74, 6) is -0.435. The number of ether oxygens (including phenoxy) is 3. The summed E-state index contributed by atoms with van der Waals surface area (Å²) in [5.41, 5.74) is 1.45. The zero-order chi connectivity index (χ0) is 24.4. The molecule has 2 amide bonds. The van der Waals surface area contributed by atoms with Gasteiger partial charge < -0.3 is 35.3 Å². The van der Waals surface area contributed by atoms with Gasteiger partial charge in [-0.3, -0.25) is 14.4 Å². The van der Waals surface area contributed by atoms with Gasteiger partial charge in [-0.2, -0.15) is 0 Å². The summed E-state index contributed by atoms with van der Waals surface area (Å²) in [6.45, 7) is 8.16. The highest BCUT2D eigenvalue weighted by Gasteiger charge is 2.34. The van der Waals surface area contributed by atoms with E-state index < -0.39 is 18.5 Å². The third-order valence-corrected chi connectivity index (χ3v) is 4.81. The van der Waals surface area contributed by atoms with Crippen molar-refractivity contribution in [2.24, 2.45) is 5.92 Å². The van der Waals surface area contributed by atoms with Crippen LogP contribution in [0, 0.1) is 5.92 Å². The first kappa shape index (κ1) is 26.4. The molecule has 184 valence electrons. The maximum atomic E-state index is 12.4. The zero-order valence-electron chi connectivity index (χ0n) is 19.6. The van der Waals surface area contributed by atoms with E-state index in [1.165, 1.54) is 0 Å². The second kappa shape index (κ2) is 13.0. The number of hydrogen-bond acceptors (Lipinski definition) is 8. The lowest BCUT2D eigenvalue weighted by atomic mass is 10.0. The number of carbonyl (C=O) groups excluding carboxylic acids is 3. The van der Waals surface area contributed by atoms with Gasteiger partial charge in [0.25, 0.3) is 0 Å². The third-order valence-electron chi connectivity index (χ3n) is 4.81. The van der Waals surface area contributed by atoms with Gasteiger partial charge in [0.15, 0.2) is 0 Å². The Balaban J connectivity index is 2.09. The lowest BCUT2D eigenvalue weighted by molar-refractivity contribution is -0.184. The van der Waals surface area contributed by atoms with Crippen molar-refractivity contribution in [2.45, 2.75) is 71.7 Å². The number of anilines is 1. The first-order valence-corrected chi connectivity index (χ1v) is 11.2. The van der Waals surface area contributed by atoms with Crippen LogP contribution >= 0.6 is 0 Å². The molecule has 1 aliphatic rings. The van der Waals surface area contributed by atoms with Crippen LogP contribution in [0.15, 0.2) is 18.2 Å². The Labute approximate surface area is 194 Å². The molecule has 3 atom stereocenters. The Morgan fingerprint density at radius 2 is 1.97 bits per heavy atom. The molecule has 0 aromatic heterocycles. The smallest absolute Gasteiger partial charge is 0.308 e. The van der Waals surface area contributed by atoms with E-state index in [9.17, 15) is 19.5 Å². The van der Waals surface area contributed by atoms with E-state index in [0.717, 1.165) is 5.56 Å². The Hall–Kier alpha value is -2.85. The van der Waals surface area contributed by atoms with Crippen LogP contribution in [0.5, 0.6) is 5.75 Å². The molecule has 0 bridgehead atoms. The molecule has 0 aliphatic carbocycles. The van der Waals surface area contributed by atoms with Gasteiger partial charge in [-0.05, 0) is 31.5 Å². The van der Waals surface area contributed by atoms with Crippen LogP contribution in [0.1, 0.15) is 46.1 Å². The number of rotatable bonds is 12. The fourth-order valence-corrected chi connectivity index (χ4v) is 3.18. The third kappa shape index (κ3) is 8.89. The summed E-state index contributed by atoms with van der Waals surface area (Å²) >= 11 is 0. The predicted molar refractivity (Wildman–Crippen MR) is 121 cm³/mol. The van der Waals surface area contributed by atoms with E-state index in [-0.39, 0.29) is 49.8 Å². The second-order valence-electron chi connectivity index (χ2n) is 8.55. The van der Waals surface area contributed by atoms with Crippen LogP contribution in [0.2, 0.25) is 0 Å². The molecule has 1 aromatic rings. The van der Waals surface area contributed by atoms with Crippen LogP contribution in [0.3, 0.4) is 0 Å². The number of amides is 2. The van der Waals surface area contributed by atoms with Crippen molar-refractivity contribution in [3.8, 4) is 5.75 Å². The highest BCUT2D eigenvalue weighted by Crippen LogP contribution is 2.31. The summed E-state index contributed by atoms with van der Waals surface area (Å²) in [7, 11) is 0. The van der Waals surface area contributed by atoms with E-state index in [1.807, 2.05) is 26.0 Å². The van der Waals surface area contributed by atoms with Crippen molar-refractivity contribution >= 4 is 24.0 Å². The first-order valence-electron chi connectivity index (χ1n) is 11.2. The van der Waals surface area contributed by atoms with Crippen molar-refractivity contribution in [1.29, 1.82) is 0 Å². The molecule has 0 spiro atoms. The van der Waals surface area contributed by atoms with Gasteiger partial charge in [0.1, 0.15) is 18.5 Å². The molecule has 4 N–H and O–H groups in total. The number of nitrogens with one attached hydrogen (secondary N) is 3. The van der Waals surface area contributed by atoms with Crippen molar-refractivity contribution in [1.82, 2.24) is 10.6 Å². The largest absolute Gasteiger partial charge is 0.463 e. The lowest BCUT2D eigenvalue weighted by Gasteiger charge is -2.33. The minimum absolute atomic E-state index is 0.101. The fraction of sp³-hybridized carbons (Fsp3) is 0.609. The van der Waals surface area contributed by atoms with Crippen molar-refractivity contribution in [3.05, 3.63) is 23.8 Å². The average molecular weight is 466 g/mol. The second-order valence-corrected chi connectivity index (χ2v) is 8.55. The van der Waals surface area contributed by atoms with Crippen LogP contribution in [0.25, 0.3) is 0 Å². The molecule has 33 heavy (non-hydrogen) atoms. The van der Waals surface area contributed by atoms with Gasteiger partial charge in [0.05, 0.1) is 17.7 Å². The molecule has 1 aromatic carbocycles. The maximum Gasteiger partial charge on any atom is 0.308 e. The highest BCUT2D eigenvalue weighted by atomic mass is 16.7. The topological polar surface area (TPSA) is 135 Å². The molecule has 1 aliphatic heterocycles. The monoisotopic (exact) mass is 465 g/mol. The van der Waals surface area contributed by atoms with Crippen molar-refractivity contribution < 1.29 is 33.7 Å². The Morgan fingerprint density at radius 1 is 1.21 bits per heavy atom. The fourth-order valence-electron chi connectivity index (χ4n) is 3.18. The quantitative estimate of drug-likeness (QED) is 0.206. The molecule has 0 saturated carbocycles. The summed E-state index contributed by atoms with van der Waals surface area (Å²) in [6.07, 6.45) is -1.61. The molecule has 1 fully saturated rings. The molecule has 10 nitrogen and oxygen atoms in total. The summed E-state index contributed by atoms with van der Waals surface area (Å²) < 4.78 is 17.2. The maximum absolute atomic E-state index is 12.4. The number of aliphatic hydroxyl groups excluding tert-OH is 1. The highest BCUT2D eigenvalue weighted by molar-refractivity contribution is 5.81. The van der Waals surface area contributed by atoms with Crippen molar-refractivity contribution in [3.63, 3.8) is 0 Å². The van der Waals surface area contributed by atoms with Crippen LogP contribution < -0.4 is 20.7 Å². The molecule has 3 unspecified atom stereocenters. The standard InChI is InChI=1S/C23H35N3O7/c1-14(2)23(30)31-12-16-5-6-18(26-15(3)4)19(9-16)32-21-11-17(28)10-20(33-21)22(29)25-8-7-24-13-27/h5-6,9,13-15,17,20-21,26,28H,7-8,10-12H2,1-4H3,(H,24,27)(H,25,29). The van der Waals surface area contributed by atoms with Gasteiger partial charge in [0.2, 0.25) is 18.6 Å². The minimum Gasteiger partial charge on any atom is -0.463 e. The van der Waals surface area contributed by atoms with Crippen LogP contribution in [-0.4, -0.2) is 61.0 Å². The van der Waals surface area contributed by atoms with Crippen LogP contribution in [-0.2, 0) is 30.5 Å². The summed E-state index contributed by atoms with van der Waals surface area (Å²) in [4.78, 5) is 34.5. The molecular weight excluding hydrogens is 430 g/mol. The number of carbonyl (C=O) groups is 3. The molecule has 10 heteroatoms. The number of aliphatic hydroxyl groups is 1. The average Bonchev–Trinajstić information content (AvgIpc) is 2.75. The zero-order valence-corrected chi connectivity index (χ0v) is 19.6. The van der Waals surface area contributed by atoms with E-state index in [2.05, 4.69) is 16.0 Å². The van der Waals surface area contributed by atoms with E-state index in [0.29, 0.717) is 24.4 Å². The SMILES string of the molecule is CC(C)Nc1ccc(COC(=O)C(C)C)cc1OC1CC(O)CC(C(=O)NCCNC=O)O1. The first-order chi connectivity index (χ1) is 15.7. The van der Waals surface area contributed by atoms with Crippen molar-refractivity contribution in [2.75, 3.05) is 18.4 Å². The predicted octanol–water partition coefficient (Wildman–Crippen LogP) is 1.31. The molecule has 1 heterocycles. The number of esters is 1. The Morgan fingerprint density at radius 3 is 2.64 bits per heavy atom.